The molecule has 0 saturated heterocycles. The molecule has 0 fully saturated rings. The van der Waals surface area contributed by atoms with E-state index in [1.54, 1.807) is 6.07 Å². The van der Waals surface area contributed by atoms with Gasteiger partial charge in [-0.05, 0) is 12.1 Å². The first-order chi connectivity index (χ1) is 7.54. The number of hydrogen-bond donors (Lipinski definition) is 1. The lowest BCUT2D eigenvalue weighted by Crippen LogP contribution is -1.95. The van der Waals surface area contributed by atoms with E-state index in [0.717, 1.165) is 0 Å². The quantitative estimate of drug-likeness (QED) is 0.659. The van der Waals surface area contributed by atoms with Gasteiger partial charge in [0.05, 0.1) is 4.11 Å². The van der Waals surface area contributed by atoms with Gasteiger partial charge in [0.25, 0.3) is 0 Å². The van der Waals surface area contributed by atoms with Crippen LogP contribution >= 0.6 is 0 Å². The SMILES string of the molecule is [2H]c1cc([2H])c2oc(=N)c(C#N)c-2c([2H])c1. The number of nitrogens with one attached hydrogen (secondary N) is 1. The van der Waals surface area contributed by atoms with Crippen molar-refractivity contribution in [1.82, 2.24) is 0 Å². The van der Waals surface area contributed by atoms with Gasteiger partial charge in [0.2, 0.25) is 5.55 Å². The van der Waals surface area contributed by atoms with E-state index in [4.69, 9.17) is 19.2 Å². The molecule has 1 N–H and O–H groups in total. The van der Waals surface area contributed by atoms with Gasteiger partial charge in [-0.25, -0.2) is 0 Å². The summed E-state index contributed by atoms with van der Waals surface area (Å²) < 4.78 is 27.7. The molecule has 0 amide bonds. The average molecular weight is 173 g/mol. The van der Waals surface area contributed by atoms with Crippen molar-refractivity contribution in [2.75, 3.05) is 0 Å². The molecule has 0 atom stereocenters. The highest BCUT2D eigenvalue weighted by atomic mass is 16.3. The van der Waals surface area contributed by atoms with Crippen molar-refractivity contribution >= 4 is 0 Å². The Labute approximate surface area is 78.9 Å². The van der Waals surface area contributed by atoms with Gasteiger partial charge in [-0.3, -0.25) is 5.41 Å². The van der Waals surface area contributed by atoms with Gasteiger partial charge in [0, 0.05) is 5.56 Å². The summed E-state index contributed by atoms with van der Waals surface area (Å²) in [5, 5.41) is 16.3. The summed E-state index contributed by atoms with van der Waals surface area (Å²) in [6.45, 7) is 0. The van der Waals surface area contributed by atoms with E-state index in [0.29, 0.717) is 0 Å². The maximum atomic E-state index is 8.85. The zero-order valence-electron chi connectivity index (χ0n) is 9.51. The monoisotopic (exact) mass is 173 g/mol. The van der Waals surface area contributed by atoms with Crippen molar-refractivity contribution in [3.8, 4) is 17.4 Å². The van der Waals surface area contributed by atoms with Crippen LogP contribution in [0.3, 0.4) is 0 Å². The Morgan fingerprint density at radius 2 is 2.23 bits per heavy atom. The van der Waals surface area contributed by atoms with E-state index in [9.17, 15) is 0 Å². The summed E-state index contributed by atoms with van der Waals surface area (Å²) in [6, 6.07) is 4.01. The minimum absolute atomic E-state index is 0.00294. The lowest BCUT2D eigenvalue weighted by molar-refractivity contribution is 0.518. The molecule has 13 heavy (non-hydrogen) atoms. The lowest BCUT2D eigenvalue weighted by Gasteiger charge is -1.85. The van der Waals surface area contributed by atoms with E-state index in [1.165, 1.54) is 12.1 Å². The molecular weight excluding hydrogens is 164 g/mol. The minimum Gasteiger partial charge on any atom is -0.438 e. The van der Waals surface area contributed by atoms with E-state index >= 15 is 0 Å². The number of nitrogens with zero attached hydrogens (tertiary/aromatic N) is 1. The average Bonchev–Trinajstić information content (AvgIpc) is 2.49. The largest absolute Gasteiger partial charge is 0.438 e. The van der Waals surface area contributed by atoms with E-state index in [-0.39, 0.29) is 40.6 Å². The normalized spacial score (nSPS) is 13.0. The molecular formula is C10H6N2O. The highest BCUT2D eigenvalue weighted by Crippen LogP contribution is 2.21. The molecule has 0 aromatic heterocycles. The molecule has 62 valence electrons. The standard InChI is InChI=1S/C10H6N2O/c11-6-8-7-4-2-1-3-5-9(7)13-10(8)12/h1-5,12H/i1D,4D,5D. The summed E-state index contributed by atoms with van der Waals surface area (Å²) in [4.78, 5) is 0. The van der Waals surface area contributed by atoms with Crippen LogP contribution in [-0.2, 0) is 0 Å². The van der Waals surface area contributed by atoms with Crippen LogP contribution in [0.4, 0.5) is 0 Å². The van der Waals surface area contributed by atoms with Crippen LogP contribution < -0.4 is 5.55 Å². The van der Waals surface area contributed by atoms with Crippen molar-refractivity contribution in [3.63, 3.8) is 0 Å². The van der Waals surface area contributed by atoms with Crippen LogP contribution in [-0.4, -0.2) is 0 Å². The molecule has 0 aromatic rings. The highest BCUT2D eigenvalue weighted by Gasteiger charge is 2.12. The molecule has 3 nitrogen and oxygen atoms in total. The number of furan rings is 1. The van der Waals surface area contributed by atoms with Crippen molar-refractivity contribution in [2.24, 2.45) is 0 Å². The topological polar surface area (TPSA) is 60.8 Å². The Bertz CT molecular complexity index is 642. The molecule has 0 saturated carbocycles. The zero-order valence-corrected chi connectivity index (χ0v) is 6.51. The van der Waals surface area contributed by atoms with Gasteiger partial charge in [0.15, 0.2) is 0 Å². The highest BCUT2D eigenvalue weighted by molar-refractivity contribution is 5.66. The van der Waals surface area contributed by atoms with Gasteiger partial charge in [-0.2, -0.15) is 5.26 Å². The third-order valence-electron chi connectivity index (χ3n) is 1.61. The van der Waals surface area contributed by atoms with Gasteiger partial charge < -0.3 is 4.42 Å². The third-order valence-corrected chi connectivity index (χ3v) is 1.61. The van der Waals surface area contributed by atoms with Crippen molar-refractivity contribution in [2.45, 2.75) is 0 Å². The zero-order chi connectivity index (χ0) is 11.9. The first-order valence-corrected chi connectivity index (χ1v) is 3.54. The Morgan fingerprint density at radius 1 is 1.46 bits per heavy atom. The molecule has 1 aliphatic heterocycles. The van der Waals surface area contributed by atoms with Gasteiger partial charge in [0.1, 0.15) is 17.4 Å². The summed E-state index contributed by atoms with van der Waals surface area (Å²) in [7, 11) is 0. The molecule has 0 aromatic carbocycles. The Hall–Kier alpha value is -2.08. The van der Waals surface area contributed by atoms with Crippen LogP contribution in [0.25, 0.3) is 11.3 Å². The molecule has 0 bridgehead atoms. The van der Waals surface area contributed by atoms with E-state index in [2.05, 4.69) is 0 Å². The Morgan fingerprint density at radius 3 is 3.00 bits per heavy atom. The summed E-state index contributed by atoms with van der Waals surface area (Å²) in [6.07, 6.45) is 0. The fraction of sp³-hybridized carbons (Fsp3) is 0. The molecule has 2 rings (SSSR count). The van der Waals surface area contributed by atoms with E-state index in [1.807, 2.05) is 0 Å². The maximum absolute atomic E-state index is 8.85. The first-order valence-electron chi connectivity index (χ1n) is 5.04. The van der Waals surface area contributed by atoms with Gasteiger partial charge in [-0.1, -0.05) is 18.2 Å². The van der Waals surface area contributed by atoms with Crippen LogP contribution in [0.1, 0.15) is 9.68 Å². The molecule has 1 aliphatic carbocycles. The predicted octanol–water partition coefficient (Wildman–Crippen LogP) is 1.74. The summed E-state index contributed by atoms with van der Waals surface area (Å²) >= 11 is 0. The molecule has 0 spiro atoms. The third kappa shape index (κ3) is 1.09. The molecule has 3 heteroatoms. The van der Waals surface area contributed by atoms with E-state index < -0.39 is 0 Å². The second-order valence-corrected chi connectivity index (χ2v) is 2.37. The fourth-order valence-electron chi connectivity index (χ4n) is 1.04. The van der Waals surface area contributed by atoms with Crippen LogP contribution in [0.5, 0.6) is 0 Å². The lowest BCUT2D eigenvalue weighted by atomic mass is 10.1. The van der Waals surface area contributed by atoms with Crippen molar-refractivity contribution in [1.29, 1.82) is 10.7 Å². The van der Waals surface area contributed by atoms with Gasteiger partial charge >= 0.3 is 0 Å². The molecule has 1 heterocycles. The second-order valence-electron chi connectivity index (χ2n) is 2.37. The Balaban J connectivity index is 3.02. The maximum Gasteiger partial charge on any atom is 0.230 e. The van der Waals surface area contributed by atoms with Crippen molar-refractivity contribution < 1.29 is 8.53 Å². The summed E-state index contributed by atoms with van der Waals surface area (Å²) in [5.74, 6) is 0.00468. The first kappa shape index (κ1) is 4.83. The minimum atomic E-state index is -0.350. The molecule has 2 aliphatic rings. The second kappa shape index (κ2) is 2.76. The summed E-state index contributed by atoms with van der Waals surface area (Å²) in [5.41, 5.74) is -0.294. The van der Waals surface area contributed by atoms with Crippen LogP contribution in [0.2, 0.25) is 0 Å². The number of rotatable bonds is 0. The number of fused-ring (bicyclic) bond motifs is 1. The number of nitriles is 1. The predicted molar refractivity (Wildman–Crippen MR) is 45.9 cm³/mol. The van der Waals surface area contributed by atoms with Crippen LogP contribution in [0.15, 0.2) is 34.7 Å². The molecule has 0 unspecified atom stereocenters. The fourth-order valence-corrected chi connectivity index (χ4v) is 1.04. The smallest absolute Gasteiger partial charge is 0.230 e. The van der Waals surface area contributed by atoms with Gasteiger partial charge in [-0.15, -0.1) is 0 Å². The molecule has 0 radical (unpaired) electrons. The number of hydrogen-bond acceptors (Lipinski definition) is 3. The van der Waals surface area contributed by atoms with Crippen molar-refractivity contribution in [3.05, 3.63) is 41.4 Å². The van der Waals surface area contributed by atoms with Crippen LogP contribution in [0, 0.1) is 16.7 Å². The Kier molecular flexibility index (Phi) is 1.02.